The normalized spacial score (nSPS) is 13.4. The summed E-state index contributed by atoms with van der Waals surface area (Å²) in [5.41, 5.74) is 2.02. The van der Waals surface area contributed by atoms with Gasteiger partial charge in [0, 0.05) is 0 Å². The van der Waals surface area contributed by atoms with E-state index >= 15 is 17.6 Å². The van der Waals surface area contributed by atoms with E-state index in [-0.39, 0.29) is 36.2 Å². The number of rotatable bonds is 7. The number of hydrogen-bond acceptors (Lipinski definition) is 2. The Morgan fingerprint density at radius 2 is 0.816 bits per heavy atom. The Morgan fingerprint density at radius 1 is 0.469 bits per heavy atom. The van der Waals surface area contributed by atoms with Crippen molar-refractivity contribution in [3.05, 3.63) is 171 Å². The van der Waals surface area contributed by atoms with Crippen LogP contribution in [0.5, 0.6) is 5.75 Å². The summed E-state index contributed by atoms with van der Waals surface area (Å²) < 4.78 is 158. The van der Waals surface area contributed by atoms with Crippen molar-refractivity contribution in [3.8, 4) is 5.75 Å². The van der Waals surface area contributed by atoms with Crippen LogP contribution in [0, 0.1) is 58.2 Å². The summed E-state index contributed by atoms with van der Waals surface area (Å²) >= 11 is -2.28. The number of para-hydroxylation sites is 1. The molecule has 0 fully saturated rings. The zero-order chi connectivity index (χ0) is 35.1. The van der Waals surface area contributed by atoms with Gasteiger partial charge in [0.05, 0.1) is 0 Å². The summed E-state index contributed by atoms with van der Waals surface area (Å²) in [6.45, 7) is -2.46. The molecule has 0 saturated carbocycles. The number of halogens is 10. The molecular formula is C35H18BF10NOTe. The molecule has 5 aromatic carbocycles. The van der Waals surface area contributed by atoms with E-state index in [0.717, 1.165) is 0 Å². The van der Waals surface area contributed by atoms with Gasteiger partial charge >= 0.3 is 284 Å². The predicted octanol–water partition coefficient (Wildman–Crippen LogP) is 8.84. The van der Waals surface area contributed by atoms with Crippen LogP contribution >= 0.6 is 0 Å². The zero-order valence-electron chi connectivity index (χ0n) is 24.5. The molecule has 49 heavy (non-hydrogen) atoms. The van der Waals surface area contributed by atoms with Gasteiger partial charge in [-0.2, -0.15) is 0 Å². The molecule has 0 aliphatic carbocycles. The average molecular weight is 797 g/mol. The SMILES string of the molecule is NCc1ccccc1OB1C(c2c(F)c(F)c(F)c(F)c2F)=C(c2ccccc2)[Te]C(c2ccccc2)=C1c1c(F)c(F)c(F)c(F)c1F. The van der Waals surface area contributed by atoms with E-state index in [1.807, 2.05) is 0 Å². The van der Waals surface area contributed by atoms with Crippen molar-refractivity contribution in [3.63, 3.8) is 0 Å². The monoisotopic (exact) mass is 799 g/mol. The molecule has 0 saturated heterocycles. The molecule has 1 aliphatic heterocycles. The van der Waals surface area contributed by atoms with Crippen molar-refractivity contribution in [2.75, 3.05) is 0 Å². The quantitative estimate of drug-likeness (QED) is 0.0774. The van der Waals surface area contributed by atoms with Crippen molar-refractivity contribution in [2.45, 2.75) is 6.54 Å². The van der Waals surface area contributed by atoms with Crippen LogP contribution < -0.4 is 10.4 Å². The summed E-state index contributed by atoms with van der Waals surface area (Å²) in [5, 5.41) is 0. The van der Waals surface area contributed by atoms with Crippen LogP contribution in [0.1, 0.15) is 27.8 Å². The van der Waals surface area contributed by atoms with E-state index < -0.39 is 108 Å². The predicted molar refractivity (Wildman–Crippen MR) is 165 cm³/mol. The van der Waals surface area contributed by atoms with Crippen molar-refractivity contribution in [1.29, 1.82) is 0 Å². The van der Waals surface area contributed by atoms with Crippen LogP contribution in [0.3, 0.4) is 0 Å². The zero-order valence-corrected chi connectivity index (χ0v) is 26.9. The molecule has 6 rings (SSSR count). The second-order valence-corrected chi connectivity index (χ2v) is 13.4. The van der Waals surface area contributed by atoms with Gasteiger partial charge in [-0.05, 0) is 0 Å². The standard InChI is InChI=1S/C35H18BF10NOTe/c37-24-20(25(38)29(42)32(45)28(24)41)22-34(16-9-3-1-4-10-16)49-35(17-11-5-2-6-12-17)23(21-26(39)30(43)33(46)31(44)27(21)40)36(22)48-19-14-8-7-13-18(19)15-47/h1-14H,15,47H2. The van der Waals surface area contributed by atoms with E-state index in [1.54, 1.807) is 12.1 Å². The minimum atomic E-state index is -2.47. The molecule has 0 spiro atoms. The first-order valence-electron chi connectivity index (χ1n) is 14.2. The Morgan fingerprint density at radius 3 is 1.20 bits per heavy atom. The first-order chi connectivity index (χ1) is 23.5. The van der Waals surface area contributed by atoms with Crippen molar-refractivity contribution in [2.24, 2.45) is 5.73 Å². The molecule has 5 aromatic rings. The summed E-state index contributed by atoms with van der Waals surface area (Å²) in [6, 6.07) is 20.9. The van der Waals surface area contributed by atoms with Gasteiger partial charge in [0.15, 0.2) is 0 Å². The average Bonchev–Trinajstić information content (AvgIpc) is 3.13. The minimum absolute atomic E-state index is 0.00378. The molecule has 2 nitrogen and oxygen atoms in total. The first-order valence-corrected chi connectivity index (χ1v) is 16.6. The molecule has 0 bridgehead atoms. The first kappa shape index (κ1) is 34.4. The summed E-state index contributed by atoms with van der Waals surface area (Å²) in [4.78, 5) is 0. The molecule has 14 heteroatoms. The third kappa shape index (κ3) is 5.92. The molecular weight excluding hydrogens is 779 g/mol. The van der Waals surface area contributed by atoms with Gasteiger partial charge in [-0.1, -0.05) is 0 Å². The topological polar surface area (TPSA) is 35.2 Å². The molecule has 1 heterocycles. The van der Waals surface area contributed by atoms with Gasteiger partial charge in [0.1, 0.15) is 0 Å². The molecule has 0 aromatic heterocycles. The second-order valence-electron chi connectivity index (χ2n) is 10.5. The van der Waals surface area contributed by atoms with Crippen LogP contribution in [-0.2, 0) is 6.54 Å². The Balaban J connectivity index is 1.84. The van der Waals surface area contributed by atoms with Crippen LogP contribution in [0.25, 0.3) is 18.2 Å². The Kier molecular flexibility index (Phi) is 9.66. The third-order valence-corrected chi connectivity index (χ3v) is 11.5. The molecule has 0 atom stereocenters. The van der Waals surface area contributed by atoms with Gasteiger partial charge in [-0.15, -0.1) is 0 Å². The van der Waals surface area contributed by atoms with Gasteiger partial charge in [0.25, 0.3) is 0 Å². The van der Waals surface area contributed by atoms with Gasteiger partial charge < -0.3 is 0 Å². The van der Waals surface area contributed by atoms with Crippen LogP contribution in [0.4, 0.5) is 43.9 Å². The van der Waals surface area contributed by atoms with Crippen molar-refractivity contribution >= 4 is 46.0 Å². The van der Waals surface area contributed by atoms with E-state index in [9.17, 15) is 26.3 Å². The van der Waals surface area contributed by atoms with E-state index in [2.05, 4.69) is 0 Å². The maximum atomic E-state index is 15.9. The number of nitrogens with two attached hydrogens (primary N) is 1. The molecule has 0 radical (unpaired) electrons. The fourth-order valence-corrected chi connectivity index (χ4v) is 9.26. The van der Waals surface area contributed by atoms with Crippen molar-refractivity contribution in [1.82, 2.24) is 0 Å². The van der Waals surface area contributed by atoms with E-state index in [0.29, 0.717) is 0 Å². The molecule has 1 aliphatic rings. The van der Waals surface area contributed by atoms with E-state index in [1.165, 1.54) is 72.8 Å². The van der Waals surface area contributed by atoms with Crippen LogP contribution in [0.15, 0.2) is 84.9 Å². The molecule has 248 valence electrons. The van der Waals surface area contributed by atoms with E-state index in [4.69, 9.17) is 10.4 Å². The van der Waals surface area contributed by atoms with Crippen molar-refractivity contribution < 1.29 is 48.6 Å². The fraction of sp³-hybridized carbons (Fsp3) is 0.0286. The third-order valence-electron chi connectivity index (χ3n) is 7.69. The van der Waals surface area contributed by atoms with Crippen LogP contribution in [0.2, 0.25) is 0 Å². The summed E-state index contributed by atoms with van der Waals surface area (Å²) in [5.74, 6) is -23.6. The fourth-order valence-electron chi connectivity index (χ4n) is 5.41. The maximum absolute atomic E-state index is 15.9. The molecule has 0 unspecified atom stereocenters. The second kappa shape index (κ2) is 13.8. The van der Waals surface area contributed by atoms with Gasteiger partial charge in [-0.25, -0.2) is 0 Å². The summed E-state index contributed by atoms with van der Waals surface area (Å²) in [7, 11) is 0. The number of hydrogen-bond donors (Lipinski definition) is 1. The van der Waals surface area contributed by atoms with Crippen LogP contribution in [-0.4, -0.2) is 27.8 Å². The Hall–Kier alpha value is -4.51. The Bertz CT molecular complexity index is 1990. The van der Waals surface area contributed by atoms with Gasteiger partial charge in [-0.3, -0.25) is 0 Å². The van der Waals surface area contributed by atoms with Gasteiger partial charge in [0.2, 0.25) is 0 Å². The molecule has 0 amide bonds. The summed E-state index contributed by atoms with van der Waals surface area (Å²) in [6.07, 6.45) is 0. The molecule has 2 N–H and O–H groups in total. The number of benzene rings is 5. The Labute approximate surface area is 282 Å².